The van der Waals surface area contributed by atoms with Crippen molar-refractivity contribution in [3.63, 3.8) is 0 Å². The minimum absolute atomic E-state index is 0.134. The summed E-state index contributed by atoms with van der Waals surface area (Å²) in [5.74, 6) is -0.957. The van der Waals surface area contributed by atoms with Gasteiger partial charge < -0.3 is 5.11 Å². The Morgan fingerprint density at radius 1 is 1.40 bits per heavy atom. The number of benzene rings is 1. The SMILES string of the molecule is Cc1cccc(S(=O)(=O)N2CCCCC2CC(=O)O)c1. The van der Waals surface area contributed by atoms with E-state index in [2.05, 4.69) is 0 Å². The molecule has 1 aliphatic rings. The summed E-state index contributed by atoms with van der Waals surface area (Å²) < 4.78 is 26.7. The van der Waals surface area contributed by atoms with Gasteiger partial charge in [-0.25, -0.2) is 8.42 Å². The van der Waals surface area contributed by atoms with Crippen molar-refractivity contribution >= 4 is 16.0 Å². The van der Waals surface area contributed by atoms with Crippen LogP contribution in [-0.4, -0.2) is 36.4 Å². The van der Waals surface area contributed by atoms with Crippen LogP contribution < -0.4 is 0 Å². The minimum atomic E-state index is -3.61. The number of piperidine rings is 1. The molecule has 6 heteroatoms. The molecular weight excluding hydrogens is 278 g/mol. The van der Waals surface area contributed by atoms with E-state index >= 15 is 0 Å². The number of carbonyl (C=O) groups is 1. The number of hydrogen-bond donors (Lipinski definition) is 1. The van der Waals surface area contributed by atoms with Gasteiger partial charge in [-0.3, -0.25) is 4.79 Å². The van der Waals surface area contributed by atoms with Crippen LogP contribution in [0.15, 0.2) is 29.2 Å². The fraction of sp³-hybridized carbons (Fsp3) is 0.500. The Balaban J connectivity index is 2.33. The maximum Gasteiger partial charge on any atom is 0.304 e. The van der Waals surface area contributed by atoms with Crippen LogP contribution in [0.5, 0.6) is 0 Å². The van der Waals surface area contributed by atoms with E-state index in [1.165, 1.54) is 4.31 Å². The summed E-state index contributed by atoms with van der Waals surface area (Å²) in [5.41, 5.74) is 0.873. The first kappa shape index (κ1) is 15.0. The molecule has 1 N–H and O–H groups in total. The monoisotopic (exact) mass is 297 g/mol. The average molecular weight is 297 g/mol. The van der Waals surface area contributed by atoms with Crippen molar-refractivity contribution in [1.82, 2.24) is 4.31 Å². The normalized spacial score (nSPS) is 20.8. The number of aliphatic carboxylic acids is 1. The number of hydrogen-bond acceptors (Lipinski definition) is 3. The molecule has 5 nitrogen and oxygen atoms in total. The Hall–Kier alpha value is -1.40. The summed E-state index contributed by atoms with van der Waals surface area (Å²) >= 11 is 0. The number of nitrogens with zero attached hydrogens (tertiary/aromatic N) is 1. The van der Waals surface area contributed by atoms with Gasteiger partial charge in [-0.15, -0.1) is 0 Å². The Bertz CT molecular complexity index is 597. The molecule has 1 aliphatic heterocycles. The van der Waals surface area contributed by atoms with Gasteiger partial charge in [0.1, 0.15) is 0 Å². The van der Waals surface area contributed by atoms with Crippen molar-refractivity contribution in [3.05, 3.63) is 29.8 Å². The molecular formula is C14H19NO4S. The second-order valence-electron chi connectivity index (χ2n) is 5.18. The molecule has 1 saturated heterocycles. The maximum absolute atomic E-state index is 12.7. The Labute approximate surface area is 119 Å². The van der Waals surface area contributed by atoms with Crippen LogP contribution in [-0.2, 0) is 14.8 Å². The lowest BCUT2D eigenvalue weighted by molar-refractivity contribution is -0.138. The molecule has 0 amide bonds. The van der Waals surface area contributed by atoms with E-state index in [9.17, 15) is 13.2 Å². The van der Waals surface area contributed by atoms with Gasteiger partial charge in [0, 0.05) is 12.6 Å². The first-order chi connectivity index (χ1) is 9.41. The van der Waals surface area contributed by atoms with Gasteiger partial charge in [0.2, 0.25) is 10.0 Å². The van der Waals surface area contributed by atoms with Crippen LogP contribution in [0.2, 0.25) is 0 Å². The van der Waals surface area contributed by atoms with E-state index in [0.717, 1.165) is 18.4 Å². The van der Waals surface area contributed by atoms with Gasteiger partial charge in [-0.2, -0.15) is 4.31 Å². The van der Waals surface area contributed by atoms with Crippen LogP contribution in [0, 0.1) is 6.92 Å². The highest BCUT2D eigenvalue weighted by Gasteiger charge is 2.34. The highest BCUT2D eigenvalue weighted by molar-refractivity contribution is 7.89. The zero-order valence-corrected chi connectivity index (χ0v) is 12.3. The van der Waals surface area contributed by atoms with E-state index in [4.69, 9.17) is 5.11 Å². The minimum Gasteiger partial charge on any atom is -0.481 e. The van der Waals surface area contributed by atoms with Gasteiger partial charge in [-0.1, -0.05) is 18.6 Å². The van der Waals surface area contributed by atoms with Crippen LogP contribution in [0.3, 0.4) is 0 Å². The highest BCUT2D eigenvalue weighted by Crippen LogP contribution is 2.27. The summed E-state index contributed by atoms with van der Waals surface area (Å²) in [6.45, 7) is 2.23. The van der Waals surface area contributed by atoms with Gasteiger partial charge in [0.25, 0.3) is 0 Å². The number of carboxylic acids is 1. The predicted molar refractivity (Wildman–Crippen MR) is 75.0 cm³/mol. The van der Waals surface area contributed by atoms with Crippen molar-refractivity contribution in [2.24, 2.45) is 0 Å². The lowest BCUT2D eigenvalue weighted by atomic mass is 10.0. The number of carboxylic acid groups (broad SMARTS) is 1. The lowest BCUT2D eigenvalue weighted by Gasteiger charge is -2.33. The molecule has 0 saturated carbocycles. The summed E-state index contributed by atoms with van der Waals surface area (Å²) in [6, 6.07) is 6.30. The number of sulfonamides is 1. The third-order valence-electron chi connectivity index (χ3n) is 3.58. The molecule has 2 rings (SSSR count). The molecule has 1 heterocycles. The van der Waals surface area contributed by atoms with Crippen molar-refractivity contribution in [3.8, 4) is 0 Å². The largest absolute Gasteiger partial charge is 0.481 e. The van der Waals surface area contributed by atoms with Crippen LogP contribution in [0.4, 0.5) is 0 Å². The van der Waals surface area contributed by atoms with Crippen molar-refractivity contribution in [1.29, 1.82) is 0 Å². The van der Waals surface area contributed by atoms with E-state index < -0.39 is 22.0 Å². The molecule has 0 spiro atoms. The predicted octanol–water partition coefficient (Wildman–Crippen LogP) is 2.01. The van der Waals surface area contributed by atoms with Gasteiger partial charge in [0.05, 0.1) is 11.3 Å². The first-order valence-corrected chi connectivity index (χ1v) is 8.15. The van der Waals surface area contributed by atoms with Gasteiger partial charge >= 0.3 is 5.97 Å². The third kappa shape index (κ3) is 3.19. The smallest absolute Gasteiger partial charge is 0.304 e. The summed E-state index contributed by atoms with van der Waals surface area (Å²) in [5, 5.41) is 8.94. The highest BCUT2D eigenvalue weighted by atomic mass is 32.2. The molecule has 1 aromatic rings. The van der Waals surface area contributed by atoms with E-state index in [0.29, 0.717) is 13.0 Å². The standard InChI is InChI=1S/C14H19NO4S/c1-11-5-4-7-13(9-11)20(18,19)15-8-3-2-6-12(15)10-14(16)17/h4-5,7,9,12H,2-3,6,8,10H2,1H3,(H,16,17). The Kier molecular flexibility index (Phi) is 4.45. The summed E-state index contributed by atoms with van der Waals surface area (Å²) in [4.78, 5) is 11.2. The molecule has 20 heavy (non-hydrogen) atoms. The quantitative estimate of drug-likeness (QED) is 0.922. The van der Waals surface area contributed by atoms with E-state index in [1.54, 1.807) is 18.2 Å². The molecule has 0 radical (unpaired) electrons. The van der Waals surface area contributed by atoms with Crippen LogP contribution in [0.25, 0.3) is 0 Å². The molecule has 1 atom stereocenters. The Morgan fingerprint density at radius 3 is 2.80 bits per heavy atom. The number of aryl methyl sites for hydroxylation is 1. The van der Waals surface area contributed by atoms with Crippen molar-refractivity contribution < 1.29 is 18.3 Å². The van der Waals surface area contributed by atoms with Crippen molar-refractivity contribution in [2.45, 2.75) is 43.5 Å². The van der Waals surface area contributed by atoms with Crippen LogP contribution in [0.1, 0.15) is 31.2 Å². The topological polar surface area (TPSA) is 74.7 Å². The third-order valence-corrected chi connectivity index (χ3v) is 5.53. The Morgan fingerprint density at radius 2 is 2.15 bits per heavy atom. The molecule has 1 unspecified atom stereocenters. The lowest BCUT2D eigenvalue weighted by Crippen LogP contribution is -2.44. The van der Waals surface area contributed by atoms with E-state index in [1.807, 2.05) is 13.0 Å². The average Bonchev–Trinajstić information content (AvgIpc) is 2.38. The fourth-order valence-corrected chi connectivity index (χ4v) is 4.41. The zero-order chi connectivity index (χ0) is 14.8. The van der Waals surface area contributed by atoms with Gasteiger partial charge in [0.15, 0.2) is 0 Å². The summed E-state index contributed by atoms with van der Waals surface area (Å²) in [6.07, 6.45) is 2.13. The first-order valence-electron chi connectivity index (χ1n) is 6.71. The summed E-state index contributed by atoms with van der Waals surface area (Å²) in [7, 11) is -3.61. The molecule has 110 valence electrons. The fourth-order valence-electron chi connectivity index (χ4n) is 2.61. The molecule has 0 bridgehead atoms. The molecule has 0 aliphatic carbocycles. The molecule has 0 aromatic heterocycles. The van der Waals surface area contributed by atoms with Crippen LogP contribution >= 0.6 is 0 Å². The molecule has 1 fully saturated rings. The van der Waals surface area contributed by atoms with Gasteiger partial charge in [-0.05, 0) is 37.5 Å². The second-order valence-corrected chi connectivity index (χ2v) is 7.07. The maximum atomic E-state index is 12.7. The van der Waals surface area contributed by atoms with Crippen molar-refractivity contribution in [2.75, 3.05) is 6.54 Å². The van der Waals surface area contributed by atoms with E-state index in [-0.39, 0.29) is 11.3 Å². The molecule has 1 aromatic carbocycles. The second kappa shape index (κ2) is 5.93. The zero-order valence-electron chi connectivity index (χ0n) is 11.4. The number of rotatable bonds is 4.